The molecule has 0 aliphatic heterocycles. The number of hydrogen-bond acceptors (Lipinski definition) is 5. The monoisotopic (exact) mass is 330 g/mol. The average Bonchev–Trinajstić information content (AvgIpc) is 2.95. The predicted octanol–water partition coefficient (Wildman–Crippen LogP) is 2.93. The molecule has 2 rings (SSSR count). The van der Waals surface area contributed by atoms with E-state index in [1.165, 1.54) is 11.0 Å². The van der Waals surface area contributed by atoms with Gasteiger partial charge in [0.2, 0.25) is 0 Å². The normalized spacial score (nSPS) is 11.4. The van der Waals surface area contributed by atoms with Gasteiger partial charge in [-0.3, -0.25) is 4.79 Å². The number of para-hydroxylation sites is 1. The van der Waals surface area contributed by atoms with Crippen LogP contribution in [0.1, 0.15) is 11.9 Å². The van der Waals surface area contributed by atoms with Crippen LogP contribution in [0.2, 0.25) is 0 Å². The Hall–Kier alpha value is -2.47. The van der Waals surface area contributed by atoms with Crippen LogP contribution in [-0.4, -0.2) is 35.4 Å². The third kappa shape index (κ3) is 5.03. The third-order valence-electron chi connectivity index (χ3n) is 3.01. The lowest BCUT2D eigenvalue weighted by Gasteiger charge is -2.15. The Kier molecular flexibility index (Phi) is 6.05. The minimum atomic E-state index is -0.537. The van der Waals surface area contributed by atoms with E-state index in [0.29, 0.717) is 6.54 Å². The highest BCUT2D eigenvalue weighted by Crippen LogP contribution is 2.22. The Balaban J connectivity index is 1.86. The maximum absolute atomic E-state index is 12.0. The summed E-state index contributed by atoms with van der Waals surface area (Å²) in [6.07, 6.45) is 6.35. The summed E-state index contributed by atoms with van der Waals surface area (Å²) in [7, 11) is 1.66. The number of fused-ring (bicyclic) bond motifs is 1. The molecule has 0 spiro atoms. The Morgan fingerprint density at radius 2 is 2.09 bits per heavy atom. The molecular formula is C17H18N2O3S. The number of aromatic nitrogens is 1. The van der Waals surface area contributed by atoms with Gasteiger partial charge in [0.1, 0.15) is 5.01 Å². The van der Waals surface area contributed by atoms with Gasteiger partial charge in [-0.15, -0.1) is 11.3 Å². The molecule has 5 nitrogen and oxygen atoms in total. The number of ether oxygens (including phenoxy) is 1. The van der Waals surface area contributed by atoms with Gasteiger partial charge < -0.3 is 9.64 Å². The number of rotatable bonds is 6. The van der Waals surface area contributed by atoms with Gasteiger partial charge in [-0.2, -0.15) is 0 Å². The van der Waals surface area contributed by atoms with E-state index in [-0.39, 0.29) is 12.5 Å². The number of hydrogen-bond donors (Lipinski definition) is 0. The van der Waals surface area contributed by atoms with Gasteiger partial charge >= 0.3 is 5.97 Å². The Labute approximate surface area is 138 Å². The molecule has 0 atom stereocenters. The van der Waals surface area contributed by atoms with Crippen molar-refractivity contribution in [2.75, 3.05) is 13.7 Å². The number of thiazole rings is 1. The van der Waals surface area contributed by atoms with Crippen molar-refractivity contribution in [1.29, 1.82) is 0 Å². The number of benzene rings is 1. The van der Waals surface area contributed by atoms with Crippen LogP contribution in [0.5, 0.6) is 0 Å². The van der Waals surface area contributed by atoms with Gasteiger partial charge in [0.15, 0.2) is 6.61 Å². The predicted molar refractivity (Wildman–Crippen MR) is 91.0 cm³/mol. The fourth-order valence-corrected chi connectivity index (χ4v) is 2.84. The number of likely N-dealkylation sites (N-methyl/N-ethyl adjacent to an activating group) is 1. The summed E-state index contributed by atoms with van der Waals surface area (Å²) in [6, 6.07) is 7.83. The van der Waals surface area contributed by atoms with Crippen molar-refractivity contribution in [3.63, 3.8) is 0 Å². The molecule has 0 radical (unpaired) electrons. The SMILES string of the molecule is C/C=C/C=C/C(=O)OCC(=O)N(C)Cc1nc2ccccc2s1. The standard InChI is InChI=1S/C17H18N2O3S/c1-3-4-5-10-17(21)22-12-16(20)19(2)11-15-18-13-8-6-7-9-14(13)23-15/h3-10H,11-12H2,1-2H3/b4-3+,10-5+. The highest BCUT2D eigenvalue weighted by molar-refractivity contribution is 7.18. The maximum Gasteiger partial charge on any atom is 0.331 e. The summed E-state index contributed by atoms with van der Waals surface area (Å²) in [5.74, 6) is -0.804. The number of allylic oxidation sites excluding steroid dienone is 3. The molecule has 1 heterocycles. The van der Waals surface area contributed by atoms with Crippen molar-refractivity contribution in [2.45, 2.75) is 13.5 Å². The van der Waals surface area contributed by atoms with E-state index in [2.05, 4.69) is 4.98 Å². The summed E-state index contributed by atoms with van der Waals surface area (Å²) in [5.41, 5.74) is 0.925. The van der Waals surface area contributed by atoms with Crippen LogP contribution in [0.25, 0.3) is 10.2 Å². The van der Waals surface area contributed by atoms with Crippen LogP contribution in [0.4, 0.5) is 0 Å². The molecule has 0 aliphatic rings. The summed E-state index contributed by atoms with van der Waals surface area (Å²) in [4.78, 5) is 29.4. The zero-order valence-electron chi connectivity index (χ0n) is 13.1. The molecule has 1 aromatic heterocycles. The molecule has 1 aromatic carbocycles. The Morgan fingerprint density at radius 3 is 2.83 bits per heavy atom. The zero-order chi connectivity index (χ0) is 16.7. The summed E-state index contributed by atoms with van der Waals surface area (Å²) in [5, 5.41) is 0.848. The summed E-state index contributed by atoms with van der Waals surface area (Å²) in [6.45, 7) is 1.96. The molecule has 0 aliphatic carbocycles. The maximum atomic E-state index is 12.0. The molecule has 1 amide bonds. The smallest absolute Gasteiger partial charge is 0.331 e. The number of carbonyl (C=O) groups excluding carboxylic acids is 2. The third-order valence-corrected chi connectivity index (χ3v) is 4.03. The minimum Gasteiger partial charge on any atom is -0.452 e. The quantitative estimate of drug-likeness (QED) is 0.464. The number of carbonyl (C=O) groups is 2. The molecule has 6 heteroatoms. The van der Waals surface area contributed by atoms with Gasteiger partial charge in [0.05, 0.1) is 16.8 Å². The van der Waals surface area contributed by atoms with Crippen molar-refractivity contribution in [1.82, 2.24) is 9.88 Å². The van der Waals surface area contributed by atoms with Crippen molar-refractivity contribution < 1.29 is 14.3 Å². The van der Waals surface area contributed by atoms with Crippen molar-refractivity contribution >= 4 is 33.4 Å². The molecule has 0 unspecified atom stereocenters. The molecule has 0 saturated heterocycles. The highest BCUT2D eigenvalue weighted by atomic mass is 32.1. The topological polar surface area (TPSA) is 59.5 Å². The molecule has 0 fully saturated rings. The van der Waals surface area contributed by atoms with E-state index in [1.807, 2.05) is 31.2 Å². The number of nitrogens with zero attached hydrogens (tertiary/aromatic N) is 2. The molecule has 2 aromatic rings. The van der Waals surface area contributed by atoms with E-state index in [4.69, 9.17) is 4.74 Å². The van der Waals surface area contributed by atoms with E-state index >= 15 is 0 Å². The highest BCUT2D eigenvalue weighted by Gasteiger charge is 2.13. The van der Waals surface area contributed by atoms with E-state index in [9.17, 15) is 9.59 Å². The van der Waals surface area contributed by atoms with Gasteiger partial charge in [-0.25, -0.2) is 9.78 Å². The average molecular weight is 330 g/mol. The first-order valence-electron chi connectivity index (χ1n) is 7.14. The lowest BCUT2D eigenvalue weighted by molar-refractivity contribution is -0.147. The Morgan fingerprint density at radius 1 is 1.30 bits per heavy atom. The van der Waals surface area contributed by atoms with Crippen LogP contribution in [0.3, 0.4) is 0 Å². The van der Waals surface area contributed by atoms with E-state index in [0.717, 1.165) is 15.2 Å². The first kappa shape index (κ1) is 16.9. The Bertz CT molecular complexity index is 716. The van der Waals surface area contributed by atoms with Crippen LogP contribution < -0.4 is 0 Å². The molecule has 23 heavy (non-hydrogen) atoms. The van der Waals surface area contributed by atoms with Gasteiger partial charge in [0.25, 0.3) is 5.91 Å². The van der Waals surface area contributed by atoms with E-state index in [1.54, 1.807) is 36.6 Å². The summed E-state index contributed by atoms with van der Waals surface area (Å²) >= 11 is 1.55. The fourth-order valence-electron chi connectivity index (χ4n) is 1.82. The fraction of sp³-hybridized carbons (Fsp3) is 0.235. The van der Waals surface area contributed by atoms with Crippen molar-refractivity contribution in [3.05, 3.63) is 53.6 Å². The molecule has 120 valence electrons. The van der Waals surface area contributed by atoms with Crippen LogP contribution in [-0.2, 0) is 20.9 Å². The number of esters is 1. The van der Waals surface area contributed by atoms with Gasteiger partial charge in [-0.05, 0) is 19.1 Å². The molecule has 0 bridgehead atoms. The summed E-state index contributed by atoms with van der Waals surface area (Å²) < 4.78 is 5.99. The zero-order valence-corrected chi connectivity index (χ0v) is 13.9. The van der Waals surface area contributed by atoms with Crippen molar-refractivity contribution in [2.24, 2.45) is 0 Å². The largest absolute Gasteiger partial charge is 0.452 e. The second-order valence-corrected chi connectivity index (χ2v) is 5.93. The number of amides is 1. The van der Waals surface area contributed by atoms with Crippen LogP contribution >= 0.6 is 11.3 Å². The minimum absolute atomic E-state index is 0.267. The van der Waals surface area contributed by atoms with Crippen LogP contribution in [0.15, 0.2) is 48.6 Å². The lowest BCUT2D eigenvalue weighted by atomic mass is 10.3. The molecule has 0 N–H and O–H groups in total. The van der Waals surface area contributed by atoms with Gasteiger partial charge in [-0.1, -0.05) is 30.4 Å². The molecular weight excluding hydrogens is 312 g/mol. The first-order valence-corrected chi connectivity index (χ1v) is 7.96. The van der Waals surface area contributed by atoms with Gasteiger partial charge in [0, 0.05) is 13.1 Å². The van der Waals surface area contributed by atoms with E-state index < -0.39 is 5.97 Å². The van der Waals surface area contributed by atoms with Crippen molar-refractivity contribution in [3.8, 4) is 0 Å². The lowest BCUT2D eigenvalue weighted by Crippen LogP contribution is -2.30. The first-order chi connectivity index (χ1) is 11.1. The molecule has 0 saturated carbocycles. The second kappa shape index (κ2) is 8.24. The van der Waals surface area contributed by atoms with Crippen LogP contribution in [0, 0.1) is 0 Å². The second-order valence-electron chi connectivity index (χ2n) is 4.82.